The zero-order valence-corrected chi connectivity index (χ0v) is 15.9. The van der Waals surface area contributed by atoms with E-state index in [0.29, 0.717) is 17.0 Å². The first-order valence-electron chi connectivity index (χ1n) is 9.36. The van der Waals surface area contributed by atoms with Gasteiger partial charge in [0, 0.05) is 13.0 Å². The van der Waals surface area contributed by atoms with Gasteiger partial charge in [0.2, 0.25) is 5.91 Å². The van der Waals surface area contributed by atoms with Crippen molar-refractivity contribution in [2.75, 3.05) is 6.54 Å². The molecular weight excluding hydrogens is 368 g/mol. The number of rotatable bonds is 6. The van der Waals surface area contributed by atoms with Crippen LogP contribution in [0.4, 0.5) is 0 Å². The van der Waals surface area contributed by atoms with Crippen molar-refractivity contribution in [3.63, 3.8) is 0 Å². The second-order valence-electron chi connectivity index (χ2n) is 6.95. The van der Waals surface area contributed by atoms with Crippen molar-refractivity contribution in [3.05, 3.63) is 77.2 Å². The van der Waals surface area contributed by atoms with E-state index in [1.54, 1.807) is 24.4 Å². The molecule has 2 heterocycles. The molecule has 0 bridgehead atoms. The van der Waals surface area contributed by atoms with Crippen molar-refractivity contribution in [2.45, 2.75) is 19.9 Å². The molecule has 3 aromatic rings. The number of amides is 3. The lowest BCUT2D eigenvalue weighted by Crippen LogP contribution is -2.34. The fraction of sp³-hybridized carbons (Fsp3) is 0.182. The van der Waals surface area contributed by atoms with E-state index >= 15 is 0 Å². The molecule has 29 heavy (non-hydrogen) atoms. The lowest BCUT2D eigenvalue weighted by molar-refractivity contribution is -0.121. The number of imidazole rings is 1. The van der Waals surface area contributed by atoms with E-state index in [4.69, 9.17) is 0 Å². The van der Waals surface area contributed by atoms with Crippen molar-refractivity contribution in [1.29, 1.82) is 0 Å². The number of fused-ring (bicyclic) bond motifs is 1. The Labute approximate surface area is 167 Å². The van der Waals surface area contributed by atoms with E-state index < -0.39 is 0 Å². The van der Waals surface area contributed by atoms with Gasteiger partial charge in [0.05, 0.1) is 29.6 Å². The molecule has 0 saturated heterocycles. The minimum absolute atomic E-state index is 0.0384. The monoisotopic (exact) mass is 388 g/mol. The molecule has 0 radical (unpaired) electrons. The largest absolute Gasteiger partial charge is 0.349 e. The van der Waals surface area contributed by atoms with Crippen molar-refractivity contribution < 1.29 is 14.4 Å². The first kappa shape index (κ1) is 18.6. The number of nitrogens with one attached hydrogen (secondary N) is 2. The number of imide groups is 1. The third-order valence-corrected chi connectivity index (χ3v) is 4.85. The molecule has 2 aromatic carbocycles. The molecule has 0 spiro atoms. The smallest absolute Gasteiger partial charge is 0.261 e. The zero-order chi connectivity index (χ0) is 20.4. The van der Waals surface area contributed by atoms with Crippen LogP contribution in [0.5, 0.6) is 0 Å². The standard InChI is InChI=1S/C22H20N4O3/c1-14-7-8-16-17(11-14)22(29)26(21(16)28)10-9-20(27)24-13-19-23-12-18(25-19)15-5-3-2-4-6-15/h2-8,11-12H,9-10,13H2,1H3,(H,23,25)(H,24,27). The van der Waals surface area contributed by atoms with Gasteiger partial charge in [0.15, 0.2) is 0 Å². The van der Waals surface area contributed by atoms with Crippen LogP contribution in [0.3, 0.4) is 0 Å². The average molecular weight is 388 g/mol. The maximum absolute atomic E-state index is 12.4. The van der Waals surface area contributed by atoms with E-state index in [2.05, 4.69) is 15.3 Å². The van der Waals surface area contributed by atoms with Crippen molar-refractivity contribution >= 4 is 17.7 Å². The number of hydrogen-bond acceptors (Lipinski definition) is 4. The highest BCUT2D eigenvalue weighted by Gasteiger charge is 2.35. The van der Waals surface area contributed by atoms with Gasteiger partial charge in [-0.3, -0.25) is 19.3 Å². The van der Waals surface area contributed by atoms with Crippen LogP contribution >= 0.6 is 0 Å². The summed E-state index contributed by atoms with van der Waals surface area (Å²) in [6, 6.07) is 14.9. The number of aromatic nitrogens is 2. The molecule has 0 aliphatic carbocycles. The summed E-state index contributed by atoms with van der Waals surface area (Å²) >= 11 is 0. The maximum Gasteiger partial charge on any atom is 0.261 e. The average Bonchev–Trinajstić information content (AvgIpc) is 3.29. The molecular formula is C22H20N4O3. The second-order valence-corrected chi connectivity index (χ2v) is 6.95. The van der Waals surface area contributed by atoms with Gasteiger partial charge in [-0.1, -0.05) is 42.0 Å². The fourth-order valence-corrected chi connectivity index (χ4v) is 3.31. The molecule has 2 N–H and O–H groups in total. The summed E-state index contributed by atoms with van der Waals surface area (Å²) in [5.41, 5.74) is 3.59. The van der Waals surface area contributed by atoms with E-state index in [9.17, 15) is 14.4 Å². The number of aromatic amines is 1. The number of nitrogens with zero attached hydrogens (tertiary/aromatic N) is 2. The third-order valence-electron chi connectivity index (χ3n) is 4.85. The molecule has 0 unspecified atom stereocenters. The highest BCUT2D eigenvalue weighted by Crippen LogP contribution is 2.24. The van der Waals surface area contributed by atoms with Crippen LogP contribution in [0.1, 0.15) is 38.5 Å². The van der Waals surface area contributed by atoms with E-state index in [0.717, 1.165) is 21.7 Å². The van der Waals surface area contributed by atoms with Gasteiger partial charge in [-0.2, -0.15) is 0 Å². The summed E-state index contributed by atoms with van der Waals surface area (Å²) in [6.45, 7) is 2.16. The van der Waals surface area contributed by atoms with Gasteiger partial charge in [-0.25, -0.2) is 4.98 Å². The van der Waals surface area contributed by atoms with E-state index in [1.807, 2.05) is 37.3 Å². The van der Waals surface area contributed by atoms with Gasteiger partial charge in [0.25, 0.3) is 11.8 Å². The number of aryl methyl sites for hydroxylation is 1. The lowest BCUT2D eigenvalue weighted by Gasteiger charge is -2.13. The molecule has 0 saturated carbocycles. The summed E-state index contributed by atoms with van der Waals surface area (Å²) < 4.78 is 0. The van der Waals surface area contributed by atoms with Gasteiger partial charge in [0.1, 0.15) is 5.82 Å². The highest BCUT2D eigenvalue weighted by molar-refractivity contribution is 6.21. The highest BCUT2D eigenvalue weighted by atomic mass is 16.2. The van der Waals surface area contributed by atoms with E-state index in [1.165, 1.54) is 0 Å². The molecule has 1 aliphatic heterocycles. The molecule has 7 heteroatoms. The zero-order valence-electron chi connectivity index (χ0n) is 15.9. The Morgan fingerprint density at radius 2 is 1.83 bits per heavy atom. The molecule has 0 atom stereocenters. The molecule has 4 rings (SSSR count). The number of carbonyl (C=O) groups is 3. The first-order valence-corrected chi connectivity index (χ1v) is 9.36. The molecule has 1 aliphatic rings. The van der Waals surface area contributed by atoms with Crippen LogP contribution in [0.2, 0.25) is 0 Å². The molecule has 7 nitrogen and oxygen atoms in total. The Balaban J connectivity index is 1.31. The van der Waals surface area contributed by atoms with Gasteiger partial charge in [-0.15, -0.1) is 0 Å². The quantitative estimate of drug-likeness (QED) is 0.635. The fourth-order valence-electron chi connectivity index (χ4n) is 3.31. The molecule has 3 amide bonds. The number of H-pyrrole nitrogens is 1. The van der Waals surface area contributed by atoms with Gasteiger partial charge >= 0.3 is 0 Å². The predicted octanol–water partition coefficient (Wildman–Crippen LogP) is 2.69. The van der Waals surface area contributed by atoms with Crippen molar-refractivity contribution in [3.8, 4) is 11.3 Å². The maximum atomic E-state index is 12.4. The Bertz CT molecular complexity index is 1090. The predicted molar refractivity (Wildman–Crippen MR) is 107 cm³/mol. The minimum Gasteiger partial charge on any atom is -0.349 e. The third kappa shape index (κ3) is 3.80. The summed E-state index contributed by atoms with van der Waals surface area (Å²) in [4.78, 5) is 45.6. The Morgan fingerprint density at radius 3 is 2.62 bits per heavy atom. The number of hydrogen-bond donors (Lipinski definition) is 2. The summed E-state index contributed by atoms with van der Waals surface area (Å²) in [6.07, 6.45) is 1.76. The molecule has 146 valence electrons. The number of carbonyl (C=O) groups excluding carboxylic acids is 3. The second kappa shape index (κ2) is 7.71. The first-order chi connectivity index (χ1) is 14.0. The van der Waals surface area contributed by atoms with Gasteiger partial charge in [-0.05, 0) is 24.6 Å². The van der Waals surface area contributed by atoms with Gasteiger partial charge < -0.3 is 10.3 Å². The topological polar surface area (TPSA) is 95.2 Å². The summed E-state index contributed by atoms with van der Waals surface area (Å²) in [5.74, 6) is -0.319. The summed E-state index contributed by atoms with van der Waals surface area (Å²) in [7, 11) is 0. The van der Waals surface area contributed by atoms with Crippen LogP contribution in [0.15, 0.2) is 54.7 Å². The molecule has 1 aromatic heterocycles. The minimum atomic E-state index is -0.351. The Kier molecular flexibility index (Phi) is 4.95. The van der Waals surface area contributed by atoms with Crippen LogP contribution in [0.25, 0.3) is 11.3 Å². The Morgan fingerprint density at radius 1 is 1.07 bits per heavy atom. The normalized spacial score (nSPS) is 12.9. The van der Waals surface area contributed by atoms with Crippen LogP contribution in [-0.2, 0) is 11.3 Å². The summed E-state index contributed by atoms with van der Waals surface area (Å²) in [5, 5.41) is 2.77. The van der Waals surface area contributed by atoms with E-state index in [-0.39, 0.29) is 37.2 Å². The van der Waals surface area contributed by atoms with Crippen molar-refractivity contribution in [2.24, 2.45) is 0 Å². The van der Waals surface area contributed by atoms with Crippen LogP contribution in [-0.4, -0.2) is 39.1 Å². The van der Waals surface area contributed by atoms with Crippen LogP contribution in [0, 0.1) is 6.92 Å². The van der Waals surface area contributed by atoms with Crippen molar-refractivity contribution in [1.82, 2.24) is 20.2 Å². The number of benzene rings is 2. The lowest BCUT2D eigenvalue weighted by atomic mass is 10.1. The molecule has 0 fully saturated rings. The Hall–Kier alpha value is -3.74. The van der Waals surface area contributed by atoms with Crippen LogP contribution < -0.4 is 5.32 Å². The SMILES string of the molecule is Cc1ccc2c(c1)C(=O)N(CCC(=O)NCc1ncc(-c3ccccc3)[nH]1)C2=O.